The van der Waals surface area contributed by atoms with E-state index >= 15 is 0 Å². The van der Waals surface area contributed by atoms with Crippen molar-refractivity contribution in [2.45, 2.75) is 13.1 Å². The first-order chi connectivity index (χ1) is 19.8. The van der Waals surface area contributed by atoms with Crippen molar-refractivity contribution in [3.05, 3.63) is 128 Å². The molecule has 6 rings (SSSR count). The predicted molar refractivity (Wildman–Crippen MR) is 155 cm³/mol. The van der Waals surface area contributed by atoms with Gasteiger partial charge < -0.3 is 5.11 Å². The highest BCUT2D eigenvalue weighted by Crippen LogP contribution is 2.16. The quantitative estimate of drug-likeness (QED) is 0.196. The molecular weight excluding hydrogens is 566 g/mol. The summed E-state index contributed by atoms with van der Waals surface area (Å²) >= 11 is 2.61. The number of rotatable bonds is 6. The number of carboxylic acids is 1. The van der Waals surface area contributed by atoms with Gasteiger partial charge in [0.1, 0.15) is 9.66 Å². The van der Waals surface area contributed by atoms with Crippen LogP contribution in [0.25, 0.3) is 20.4 Å². The molecule has 4 heterocycles. The van der Waals surface area contributed by atoms with Crippen LogP contribution in [-0.4, -0.2) is 40.1 Å². The summed E-state index contributed by atoms with van der Waals surface area (Å²) in [6, 6.07) is 20.2. The number of aromatic nitrogens is 4. The largest absolute Gasteiger partial charge is 0.478 e. The fraction of sp³-hybridized carbons (Fsp3) is 0.0714. The van der Waals surface area contributed by atoms with E-state index in [0.717, 1.165) is 11.1 Å². The molecule has 3 N–H and O–H groups in total. The van der Waals surface area contributed by atoms with Crippen molar-refractivity contribution in [3.63, 3.8) is 0 Å². The summed E-state index contributed by atoms with van der Waals surface area (Å²) in [6.45, 7) is 0.834. The summed E-state index contributed by atoms with van der Waals surface area (Å²) in [7, 11) is 0. The highest BCUT2D eigenvalue weighted by atomic mass is 32.1. The molecule has 0 unspecified atom stereocenters. The molecule has 6 aromatic rings. The number of aromatic carboxylic acids is 1. The smallest absolute Gasteiger partial charge is 0.335 e. The number of fused-ring (bicyclic) bond motifs is 2. The van der Waals surface area contributed by atoms with Crippen LogP contribution in [0.2, 0.25) is 0 Å². The Bertz CT molecular complexity index is 1970. The summed E-state index contributed by atoms with van der Waals surface area (Å²) in [6.07, 6.45) is 3.31. The number of pyridine rings is 2. The van der Waals surface area contributed by atoms with E-state index in [1.54, 1.807) is 86.5 Å². The van der Waals surface area contributed by atoms with Crippen molar-refractivity contribution in [1.82, 2.24) is 23.4 Å². The third kappa shape index (κ3) is 6.11. The number of hydrogen-bond acceptors (Lipinski definition) is 9. The number of hydroxylamine groups is 1. The lowest BCUT2D eigenvalue weighted by atomic mass is 10.1. The maximum Gasteiger partial charge on any atom is 0.335 e. The van der Waals surface area contributed by atoms with E-state index in [2.05, 4.69) is 9.97 Å². The Kier molecular flexibility index (Phi) is 8.10. The lowest BCUT2D eigenvalue weighted by molar-refractivity contribution is 0.0693. The summed E-state index contributed by atoms with van der Waals surface area (Å²) in [5.41, 5.74) is 3.79. The van der Waals surface area contributed by atoms with Gasteiger partial charge in [-0.2, -0.15) is 0 Å². The first-order valence-corrected chi connectivity index (χ1v) is 13.6. The number of amides is 1. The van der Waals surface area contributed by atoms with E-state index in [1.165, 1.54) is 35.2 Å². The topological polar surface area (TPSA) is 156 Å². The maximum atomic E-state index is 12.2. The van der Waals surface area contributed by atoms with Gasteiger partial charge >= 0.3 is 5.97 Å². The van der Waals surface area contributed by atoms with Gasteiger partial charge in [0.05, 0.1) is 29.4 Å². The van der Waals surface area contributed by atoms with Crippen LogP contribution in [0.15, 0.2) is 94.8 Å². The molecule has 0 aliphatic carbocycles. The molecule has 0 aliphatic heterocycles. The number of carbonyl (C=O) groups excluding carboxylic acids is 1. The van der Waals surface area contributed by atoms with Crippen LogP contribution in [0.1, 0.15) is 31.8 Å². The Morgan fingerprint density at radius 2 is 1.15 bits per heavy atom. The summed E-state index contributed by atoms with van der Waals surface area (Å²) in [4.78, 5) is 56.1. The number of hydrogen-bond donors (Lipinski definition) is 3. The van der Waals surface area contributed by atoms with Gasteiger partial charge in [0.15, 0.2) is 0 Å². The predicted octanol–water partition coefficient (Wildman–Crippen LogP) is 3.83. The molecule has 0 fully saturated rings. The summed E-state index contributed by atoms with van der Waals surface area (Å²) < 4.78 is 3.24. The second kappa shape index (κ2) is 12.0. The minimum Gasteiger partial charge on any atom is -0.478 e. The zero-order chi connectivity index (χ0) is 28.9. The molecule has 0 bridgehead atoms. The van der Waals surface area contributed by atoms with Gasteiger partial charge in [-0.1, -0.05) is 24.3 Å². The Morgan fingerprint density at radius 3 is 1.54 bits per heavy atom. The van der Waals surface area contributed by atoms with Gasteiger partial charge in [0, 0.05) is 18.0 Å². The summed E-state index contributed by atoms with van der Waals surface area (Å²) in [5.74, 6) is -1.52. The zero-order valence-corrected chi connectivity index (χ0v) is 22.8. The Hall–Kier alpha value is -4.98. The molecule has 0 atom stereocenters. The average Bonchev–Trinajstić information content (AvgIpc) is 3.49. The maximum absolute atomic E-state index is 12.2. The minimum absolute atomic E-state index is 0.0691. The molecule has 1 amide bonds. The fourth-order valence-corrected chi connectivity index (χ4v) is 5.86. The van der Waals surface area contributed by atoms with E-state index in [9.17, 15) is 19.2 Å². The van der Waals surface area contributed by atoms with Gasteiger partial charge in [0.25, 0.3) is 17.0 Å². The van der Waals surface area contributed by atoms with Crippen LogP contribution in [0.5, 0.6) is 0 Å². The van der Waals surface area contributed by atoms with E-state index in [4.69, 9.17) is 10.3 Å². The van der Waals surface area contributed by atoms with Crippen LogP contribution in [-0.2, 0) is 13.1 Å². The van der Waals surface area contributed by atoms with Gasteiger partial charge in [-0.15, -0.1) is 0 Å². The number of carbonyl (C=O) groups is 2. The molecule has 2 aromatic carbocycles. The number of nitrogens with zero attached hydrogens (tertiary/aromatic N) is 4. The van der Waals surface area contributed by atoms with Crippen LogP contribution < -0.4 is 16.6 Å². The molecule has 0 saturated heterocycles. The van der Waals surface area contributed by atoms with Crippen LogP contribution in [0, 0.1) is 0 Å². The van der Waals surface area contributed by atoms with Crippen molar-refractivity contribution < 1.29 is 19.9 Å². The van der Waals surface area contributed by atoms with Crippen molar-refractivity contribution in [2.75, 3.05) is 0 Å². The van der Waals surface area contributed by atoms with Crippen LogP contribution >= 0.6 is 23.1 Å². The number of nitrogens with one attached hydrogen (secondary N) is 1. The molecule has 13 heteroatoms. The third-order valence-electron chi connectivity index (χ3n) is 6.02. The minimum atomic E-state index is -0.959. The molecule has 0 spiro atoms. The first-order valence-electron chi connectivity index (χ1n) is 12.1. The number of carboxylic acid groups (broad SMARTS) is 1. The molecular formula is C28H21N5O6S2. The van der Waals surface area contributed by atoms with Crippen molar-refractivity contribution in [3.8, 4) is 0 Å². The van der Waals surface area contributed by atoms with Crippen molar-refractivity contribution in [2.24, 2.45) is 0 Å². The summed E-state index contributed by atoms with van der Waals surface area (Å²) in [5, 5.41) is 18.6. The molecule has 41 heavy (non-hydrogen) atoms. The van der Waals surface area contributed by atoms with E-state index in [1.807, 2.05) is 0 Å². The second-order valence-electron chi connectivity index (χ2n) is 8.72. The van der Waals surface area contributed by atoms with Crippen molar-refractivity contribution >= 4 is 55.4 Å². The Labute approximate surface area is 239 Å². The lowest BCUT2D eigenvalue weighted by Crippen LogP contribution is -2.18. The Morgan fingerprint density at radius 1 is 0.707 bits per heavy atom. The molecule has 0 radical (unpaired) electrons. The highest BCUT2D eigenvalue weighted by molar-refractivity contribution is 7.13. The Balaban J connectivity index is 0.000000165. The SMILES string of the molecule is O=C(NO)c1ccc(Cn2sc3ncccc3c2=O)cc1.O=C(O)c1ccc(Cn2sc3ncccc3c2=O)cc1. The van der Waals surface area contributed by atoms with Crippen LogP contribution in [0.3, 0.4) is 0 Å². The molecule has 4 aromatic heterocycles. The standard InChI is InChI=1S/C14H11N3O3S.C14H10N2O3S/c18-12(16-20)10-5-3-9(4-6-10)8-17-14(19)11-2-1-7-15-13(11)21-17;17-13-11-2-1-7-15-12(11)20-16(13)8-9-3-5-10(6-4-9)14(18)19/h1-7,20H,8H2,(H,16,18);1-7H,8H2,(H,18,19). The first kappa shape index (κ1) is 27.6. The fourth-order valence-electron chi connectivity index (χ4n) is 3.93. The van der Waals surface area contributed by atoms with Gasteiger partial charge in [-0.05, 0) is 82.7 Å². The second-order valence-corrected chi connectivity index (χ2v) is 10.7. The van der Waals surface area contributed by atoms with Gasteiger partial charge in [-0.25, -0.2) is 20.2 Å². The monoisotopic (exact) mass is 587 g/mol. The lowest BCUT2D eigenvalue weighted by Gasteiger charge is -2.03. The average molecular weight is 588 g/mol. The number of benzene rings is 2. The molecule has 11 nitrogen and oxygen atoms in total. The van der Waals surface area contributed by atoms with Crippen LogP contribution in [0.4, 0.5) is 0 Å². The highest BCUT2D eigenvalue weighted by Gasteiger charge is 2.10. The molecule has 0 saturated carbocycles. The molecule has 206 valence electrons. The van der Waals surface area contributed by atoms with E-state index in [-0.39, 0.29) is 16.7 Å². The molecule has 0 aliphatic rings. The van der Waals surface area contributed by atoms with E-state index < -0.39 is 11.9 Å². The van der Waals surface area contributed by atoms with E-state index in [0.29, 0.717) is 39.1 Å². The zero-order valence-electron chi connectivity index (χ0n) is 21.1. The van der Waals surface area contributed by atoms with Gasteiger partial charge in [-0.3, -0.25) is 27.5 Å². The van der Waals surface area contributed by atoms with Crippen molar-refractivity contribution in [1.29, 1.82) is 0 Å². The third-order valence-corrected chi connectivity index (χ3v) is 8.05. The normalized spacial score (nSPS) is 10.8. The van der Waals surface area contributed by atoms with Gasteiger partial charge in [0.2, 0.25) is 0 Å².